The smallest absolute Gasteiger partial charge is 0.223 e. The number of aliphatic hydroxyl groups excluding tert-OH is 1. The zero-order valence-electron chi connectivity index (χ0n) is 11.3. The average Bonchev–Trinajstić information content (AvgIpc) is 2.79. The first kappa shape index (κ1) is 14.5. The van der Waals surface area contributed by atoms with Crippen LogP contribution in [0.2, 0.25) is 0 Å². The van der Waals surface area contributed by atoms with Crippen molar-refractivity contribution >= 4 is 5.91 Å². The quantitative estimate of drug-likeness (QED) is 0.720. The van der Waals surface area contributed by atoms with Crippen LogP contribution in [-0.4, -0.2) is 23.2 Å². The number of carbonyl (C=O) groups is 1. The van der Waals surface area contributed by atoms with Gasteiger partial charge in [-0.1, -0.05) is 39.5 Å². The fraction of sp³-hybridized carbons (Fsp3) is 0.929. The Morgan fingerprint density at radius 2 is 2.00 bits per heavy atom. The zero-order chi connectivity index (χ0) is 12.7. The summed E-state index contributed by atoms with van der Waals surface area (Å²) in [6.45, 7) is 4.31. The molecule has 0 bridgehead atoms. The Kier molecular flexibility index (Phi) is 5.96. The normalized spacial score (nSPS) is 20.2. The molecule has 1 amide bonds. The molecule has 1 atom stereocenters. The summed E-state index contributed by atoms with van der Waals surface area (Å²) in [7, 11) is 0. The van der Waals surface area contributed by atoms with Crippen molar-refractivity contribution in [2.24, 2.45) is 5.92 Å². The maximum absolute atomic E-state index is 12.2. The minimum Gasteiger partial charge on any atom is -0.394 e. The third-order valence-corrected chi connectivity index (χ3v) is 4.02. The molecule has 1 rings (SSSR count). The van der Waals surface area contributed by atoms with Crippen molar-refractivity contribution in [3.8, 4) is 0 Å². The molecule has 0 aromatic carbocycles. The van der Waals surface area contributed by atoms with Gasteiger partial charge in [-0.3, -0.25) is 4.79 Å². The molecule has 0 spiro atoms. The number of carbonyl (C=O) groups excluding carboxylic acids is 1. The number of hydrogen-bond acceptors (Lipinski definition) is 2. The van der Waals surface area contributed by atoms with Crippen molar-refractivity contribution in [2.45, 2.75) is 70.8 Å². The van der Waals surface area contributed by atoms with Crippen molar-refractivity contribution in [3.63, 3.8) is 0 Å². The maximum Gasteiger partial charge on any atom is 0.223 e. The second-order valence-corrected chi connectivity index (χ2v) is 5.38. The number of unbranched alkanes of at least 4 members (excludes halogenated alkanes) is 1. The van der Waals surface area contributed by atoms with Crippen LogP contribution in [0.15, 0.2) is 0 Å². The Morgan fingerprint density at radius 1 is 1.35 bits per heavy atom. The SMILES string of the molecule is CCCCC(CC)C(=O)NC1(CO)CCCC1. The van der Waals surface area contributed by atoms with Gasteiger partial charge >= 0.3 is 0 Å². The van der Waals surface area contributed by atoms with E-state index >= 15 is 0 Å². The van der Waals surface area contributed by atoms with Gasteiger partial charge in [-0.25, -0.2) is 0 Å². The molecule has 3 heteroatoms. The highest BCUT2D eigenvalue weighted by Gasteiger charge is 2.35. The summed E-state index contributed by atoms with van der Waals surface area (Å²) in [5.74, 6) is 0.274. The summed E-state index contributed by atoms with van der Waals surface area (Å²) in [6, 6.07) is 0. The molecular formula is C14H27NO2. The van der Waals surface area contributed by atoms with Gasteiger partial charge < -0.3 is 10.4 Å². The molecule has 1 aliphatic rings. The standard InChI is InChI=1S/C14H27NO2/c1-3-5-8-12(4-2)13(17)15-14(11-16)9-6-7-10-14/h12,16H,3-11H2,1-2H3,(H,15,17). The first-order valence-corrected chi connectivity index (χ1v) is 7.10. The lowest BCUT2D eigenvalue weighted by molar-refractivity contribution is -0.127. The van der Waals surface area contributed by atoms with Gasteiger partial charge in [0.15, 0.2) is 0 Å². The molecule has 0 aromatic rings. The number of nitrogens with one attached hydrogen (secondary N) is 1. The Bertz CT molecular complexity index is 234. The molecule has 3 nitrogen and oxygen atoms in total. The van der Waals surface area contributed by atoms with Gasteiger partial charge in [0.1, 0.15) is 0 Å². The minimum atomic E-state index is -0.309. The molecule has 0 aromatic heterocycles. The van der Waals surface area contributed by atoms with Gasteiger partial charge in [-0.15, -0.1) is 0 Å². The molecule has 100 valence electrons. The molecule has 17 heavy (non-hydrogen) atoms. The summed E-state index contributed by atoms with van der Waals surface area (Å²) in [5.41, 5.74) is -0.309. The summed E-state index contributed by atoms with van der Waals surface area (Å²) in [5, 5.41) is 12.6. The van der Waals surface area contributed by atoms with Crippen molar-refractivity contribution in [1.82, 2.24) is 5.32 Å². The summed E-state index contributed by atoms with van der Waals surface area (Å²) in [6.07, 6.45) is 8.21. The largest absolute Gasteiger partial charge is 0.394 e. The lowest BCUT2D eigenvalue weighted by Gasteiger charge is -2.30. The summed E-state index contributed by atoms with van der Waals surface area (Å²) >= 11 is 0. The molecule has 1 saturated carbocycles. The van der Waals surface area contributed by atoms with E-state index in [-0.39, 0.29) is 24.0 Å². The van der Waals surface area contributed by atoms with Crippen LogP contribution in [0.1, 0.15) is 65.2 Å². The molecule has 1 fully saturated rings. The van der Waals surface area contributed by atoms with Gasteiger partial charge in [0, 0.05) is 5.92 Å². The fourth-order valence-electron chi connectivity index (χ4n) is 2.71. The number of hydrogen-bond donors (Lipinski definition) is 2. The molecule has 0 saturated heterocycles. The first-order chi connectivity index (χ1) is 8.17. The zero-order valence-corrected chi connectivity index (χ0v) is 11.3. The van der Waals surface area contributed by atoms with Crippen LogP contribution in [0.5, 0.6) is 0 Å². The fourth-order valence-corrected chi connectivity index (χ4v) is 2.71. The molecule has 0 aliphatic heterocycles. The molecule has 1 unspecified atom stereocenters. The van der Waals surface area contributed by atoms with Crippen LogP contribution in [-0.2, 0) is 4.79 Å². The first-order valence-electron chi connectivity index (χ1n) is 7.10. The molecular weight excluding hydrogens is 214 g/mol. The van der Waals surface area contributed by atoms with Crippen LogP contribution in [0.3, 0.4) is 0 Å². The Morgan fingerprint density at radius 3 is 2.47 bits per heavy atom. The van der Waals surface area contributed by atoms with E-state index in [0.29, 0.717) is 0 Å². The average molecular weight is 241 g/mol. The van der Waals surface area contributed by atoms with Gasteiger partial charge in [0.05, 0.1) is 12.1 Å². The summed E-state index contributed by atoms with van der Waals surface area (Å²) < 4.78 is 0. The Balaban J connectivity index is 2.50. The van der Waals surface area contributed by atoms with Crippen LogP contribution in [0.25, 0.3) is 0 Å². The van der Waals surface area contributed by atoms with Gasteiger partial charge in [-0.2, -0.15) is 0 Å². The van der Waals surface area contributed by atoms with E-state index in [1.165, 1.54) is 0 Å². The highest BCUT2D eigenvalue weighted by atomic mass is 16.3. The predicted octanol–water partition coefficient (Wildman–Crippen LogP) is 2.62. The lowest BCUT2D eigenvalue weighted by Crippen LogP contribution is -2.51. The van der Waals surface area contributed by atoms with E-state index in [9.17, 15) is 9.90 Å². The van der Waals surface area contributed by atoms with E-state index < -0.39 is 0 Å². The van der Waals surface area contributed by atoms with Crippen molar-refractivity contribution < 1.29 is 9.90 Å². The second kappa shape index (κ2) is 7.00. The van der Waals surface area contributed by atoms with Gasteiger partial charge in [-0.05, 0) is 25.7 Å². The topological polar surface area (TPSA) is 49.3 Å². The van der Waals surface area contributed by atoms with Crippen molar-refractivity contribution in [3.05, 3.63) is 0 Å². The van der Waals surface area contributed by atoms with Crippen LogP contribution < -0.4 is 5.32 Å². The summed E-state index contributed by atoms with van der Waals surface area (Å²) in [4.78, 5) is 12.2. The van der Waals surface area contributed by atoms with Crippen LogP contribution in [0.4, 0.5) is 0 Å². The molecule has 0 heterocycles. The predicted molar refractivity (Wildman–Crippen MR) is 69.7 cm³/mol. The number of rotatable bonds is 7. The van der Waals surface area contributed by atoms with E-state index in [1.54, 1.807) is 0 Å². The van der Waals surface area contributed by atoms with E-state index in [0.717, 1.165) is 51.4 Å². The minimum absolute atomic E-state index is 0.0863. The highest BCUT2D eigenvalue weighted by Crippen LogP contribution is 2.29. The van der Waals surface area contributed by atoms with Gasteiger partial charge in [0.2, 0.25) is 5.91 Å². The number of aliphatic hydroxyl groups is 1. The monoisotopic (exact) mass is 241 g/mol. The Hall–Kier alpha value is -0.570. The maximum atomic E-state index is 12.2. The van der Waals surface area contributed by atoms with E-state index in [2.05, 4.69) is 19.2 Å². The van der Waals surface area contributed by atoms with Crippen LogP contribution >= 0.6 is 0 Å². The molecule has 0 radical (unpaired) electrons. The number of amides is 1. The van der Waals surface area contributed by atoms with Crippen molar-refractivity contribution in [2.75, 3.05) is 6.61 Å². The van der Waals surface area contributed by atoms with E-state index in [1.807, 2.05) is 0 Å². The second-order valence-electron chi connectivity index (χ2n) is 5.38. The van der Waals surface area contributed by atoms with E-state index in [4.69, 9.17) is 0 Å². The third-order valence-electron chi connectivity index (χ3n) is 4.02. The van der Waals surface area contributed by atoms with Crippen molar-refractivity contribution in [1.29, 1.82) is 0 Å². The molecule has 1 aliphatic carbocycles. The Labute approximate surface area is 105 Å². The highest BCUT2D eigenvalue weighted by molar-refractivity contribution is 5.79. The lowest BCUT2D eigenvalue weighted by atomic mass is 9.94. The third kappa shape index (κ3) is 3.98. The van der Waals surface area contributed by atoms with Gasteiger partial charge in [0.25, 0.3) is 0 Å². The molecule has 2 N–H and O–H groups in total. The van der Waals surface area contributed by atoms with Crippen LogP contribution in [0, 0.1) is 5.92 Å².